The van der Waals surface area contributed by atoms with Crippen LogP contribution in [0.1, 0.15) is 90.9 Å². The van der Waals surface area contributed by atoms with Gasteiger partial charge in [-0.15, -0.1) is 11.3 Å². The van der Waals surface area contributed by atoms with Crippen LogP contribution in [-0.4, -0.2) is 18.1 Å². The molecule has 0 N–H and O–H groups in total. The number of thiazole rings is 1. The minimum atomic E-state index is -0.317. The number of unbranched alkanes of at least 4 members (excludes halogenated alkanes) is 10. The standard InChI is InChI=1S/C32H42N2O2S/c1-3-5-7-9-11-15-21-34(22-16-12-10-8-6-4-2)26-20-19-25-23-27(32(35)36-29(25)24-26)31-33-28-17-13-14-18-30(28)37-31/h13-14,17-20,23-24H,3-12,15-16,21-22H2,1-2H3. The Bertz CT molecular complexity index is 1260. The van der Waals surface area contributed by atoms with Crippen molar-refractivity contribution in [2.45, 2.75) is 90.9 Å². The zero-order chi connectivity index (χ0) is 25.9. The first-order valence-corrected chi connectivity index (χ1v) is 15.2. The molecule has 0 aliphatic carbocycles. The van der Waals surface area contributed by atoms with Gasteiger partial charge in [0.15, 0.2) is 0 Å². The van der Waals surface area contributed by atoms with Crippen LogP contribution in [0.2, 0.25) is 0 Å². The van der Waals surface area contributed by atoms with Gasteiger partial charge >= 0.3 is 5.63 Å². The van der Waals surface area contributed by atoms with E-state index in [2.05, 4.69) is 41.9 Å². The van der Waals surface area contributed by atoms with Crippen LogP contribution in [0.3, 0.4) is 0 Å². The molecule has 0 aliphatic rings. The van der Waals surface area contributed by atoms with Gasteiger partial charge in [-0.25, -0.2) is 9.78 Å². The highest BCUT2D eigenvalue weighted by Crippen LogP contribution is 2.31. The molecule has 4 rings (SSSR count). The summed E-state index contributed by atoms with van der Waals surface area (Å²) in [5, 5.41) is 1.66. The zero-order valence-electron chi connectivity index (χ0n) is 22.6. The fraction of sp³-hybridized carbons (Fsp3) is 0.500. The topological polar surface area (TPSA) is 46.3 Å². The van der Waals surface area contributed by atoms with E-state index < -0.39 is 0 Å². The largest absolute Gasteiger partial charge is 0.422 e. The van der Waals surface area contributed by atoms with Gasteiger partial charge in [0.1, 0.15) is 10.6 Å². The van der Waals surface area contributed by atoms with Crippen molar-refractivity contribution >= 4 is 38.2 Å². The molecular weight excluding hydrogens is 476 g/mol. The van der Waals surface area contributed by atoms with E-state index in [9.17, 15) is 4.79 Å². The minimum absolute atomic E-state index is 0.317. The molecule has 4 aromatic rings. The van der Waals surface area contributed by atoms with E-state index in [0.29, 0.717) is 16.2 Å². The average Bonchev–Trinajstić information content (AvgIpc) is 3.34. The summed E-state index contributed by atoms with van der Waals surface area (Å²) in [5.74, 6) is 0. The molecule has 0 radical (unpaired) electrons. The second-order valence-corrected chi connectivity index (χ2v) is 11.2. The Hall–Kier alpha value is -2.66. The number of para-hydroxylation sites is 1. The third kappa shape index (κ3) is 7.67. The van der Waals surface area contributed by atoms with Crippen molar-refractivity contribution in [3.05, 3.63) is 59.0 Å². The van der Waals surface area contributed by atoms with Crippen LogP contribution >= 0.6 is 11.3 Å². The van der Waals surface area contributed by atoms with E-state index in [1.54, 1.807) is 0 Å². The number of aromatic nitrogens is 1. The molecular formula is C32H42N2O2S. The predicted octanol–water partition coefficient (Wildman–Crippen LogP) is 9.60. The van der Waals surface area contributed by atoms with Gasteiger partial charge in [-0.2, -0.15) is 0 Å². The number of hydrogen-bond donors (Lipinski definition) is 0. The fourth-order valence-electron chi connectivity index (χ4n) is 4.97. The normalized spacial score (nSPS) is 11.5. The molecule has 0 amide bonds. The molecule has 0 aliphatic heterocycles. The van der Waals surface area contributed by atoms with Crippen molar-refractivity contribution in [1.29, 1.82) is 0 Å². The van der Waals surface area contributed by atoms with Gasteiger partial charge in [-0.3, -0.25) is 0 Å². The van der Waals surface area contributed by atoms with Crippen molar-refractivity contribution in [3.63, 3.8) is 0 Å². The highest BCUT2D eigenvalue weighted by atomic mass is 32.1. The first kappa shape index (κ1) is 27.4. The van der Waals surface area contributed by atoms with Crippen LogP contribution in [0, 0.1) is 0 Å². The maximum Gasteiger partial charge on any atom is 0.346 e. The van der Waals surface area contributed by atoms with Crippen LogP contribution in [0.4, 0.5) is 5.69 Å². The molecule has 0 unspecified atom stereocenters. The molecule has 0 bridgehead atoms. The maximum atomic E-state index is 13.0. The van der Waals surface area contributed by atoms with E-state index >= 15 is 0 Å². The first-order valence-electron chi connectivity index (χ1n) is 14.4. The lowest BCUT2D eigenvalue weighted by Crippen LogP contribution is -2.25. The van der Waals surface area contributed by atoms with Crippen LogP contribution in [0.15, 0.2) is 57.7 Å². The van der Waals surface area contributed by atoms with E-state index in [1.807, 2.05) is 30.3 Å². The second kappa shape index (κ2) is 14.3. The maximum absolute atomic E-state index is 13.0. The molecule has 0 fully saturated rings. The van der Waals surface area contributed by atoms with E-state index in [4.69, 9.17) is 4.42 Å². The number of rotatable bonds is 16. The quantitative estimate of drug-likeness (QED) is 0.109. The van der Waals surface area contributed by atoms with E-state index in [0.717, 1.165) is 34.4 Å². The Labute approximate surface area is 225 Å². The Balaban J connectivity index is 1.49. The molecule has 2 heterocycles. The summed E-state index contributed by atoms with van der Waals surface area (Å²) < 4.78 is 6.93. The fourth-order valence-corrected chi connectivity index (χ4v) is 5.94. The van der Waals surface area contributed by atoms with Crippen LogP contribution in [-0.2, 0) is 0 Å². The Morgan fingerprint density at radius 2 is 1.43 bits per heavy atom. The highest BCUT2D eigenvalue weighted by Gasteiger charge is 2.14. The smallest absolute Gasteiger partial charge is 0.346 e. The lowest BCUT2D eigenvalue weighted by Gasteiger charge is -2.25. The summed E-state index contributed by atoms with van der Waals surface area (Å²) in [6.45, 7) is 6.64. The lowest BCUT2D eigenvalue weighted by atomic mass is 10.1. The molecule has 37 heavy (non-hydrogen) atoms. The Morgan fingerprint density at radius 3 is 2.11 bits per heavy atom. The summed E-state index contributed by atoms with van der Waals surface area (Å²) >= 11 is 1.53. The van der Waals surface area contributed by atoms with Gasteiger partial charge in [-0.05, 0) is 43.2 Å². The minimum Gasteiger partial charge on any atom is -0.422 e. The molecule has 0 saturated carbocycles. The zero-order valence-corrected chi connectivity index (χ0v) is 23.5. The van der Waals surface area contributed by atoms with Crippen molar-refractivity contribution in [2.75, 3.05) is 18.0 Å². The van der Waals surface area contributed by atoms with Crippen LogP contribution in [0.25, 0.3) is 31.8 Å². The molecule has 198 valence electrons. The first-order chi connectivity index (χ1) is 18.2. The van der Waals surface area contributed by atoms with Gasteiger partial charge in [0.05, 0.1) is 15.8 Å². The third-order valence-corrected chi connectivity index (χ3v) is 8.24. The number of anilines is 1. The summed E-state index contributed by atoms with van der Waals surface area (Å²) in [5.41, 5.74) is 2.95. The predicted molar refractivity (Wildman–Crippen MR) is 160 cm³/mol. The third-order valence-electron chi connectivity index (χ3n) is 7.17. The lowest BCUT2D eigenvalue weighted by molar-refractivity contribution is 0.561. The van der Waals surface area contributed by atoms with Gasteiger partial charge < -0.3 is 9.32 Å². The Kier molecular flexibility index (Phi) is 10.6. The summed E-state index contributed by atoms with van der Waals surface area (Å²) in [6.07, 6.45) is 15.5. The van der Waals surface area contributed by atoms with Crippen molar-refractivity contribution in [3.8, 4) is 10.6 Å². The van der Waals surface area contributed by atoms with Gasteiger partial charge in [0.2, 0.25) is 0 Å². The summed E-state index contributed by atoms with van der Waals surface area (Å²) in [6, 6.07) is 16.3. The summed E-state index contributed by atoms with van der Waals surface area (Å²) in [7, 11) is 0. The number of hydrogen-bond acceptors (Lipinski definition) is 5. The second-order valence-electron chi connectivity index (χ2n) is 10.2. The van der Waals surface area contributed by atoms with E-state index in [-0.39, 0.29) is 5.63 Å². The number of benzene rings is 2. The molecule has 0 spiro atoms. The van der Waals surface area contributed by atoms with E-state index in [1.165, 1.54) is 88.4 Å². The average molecular weight is 519 g/mol. The molecule has 0 atom stereocenters. The Morgan fingerprint density at radius 1 is 0.784 bits per heavy atom. The van der Waals surface area contributed by atoms with Gasteiger partial charge in [0.25, 0.3) is 0 Å². The number of nitrogens with zero attached hydrogens (tertiary/aromatic N) is 2. The highest BCUT2D eigenvalue weighted by molar-refractivity contribution is 7.21. The van der Waals surface area contributed by atoms with Crippen LogP contribution < -0.4 is 10.5 Å². The monoisotopic (exact) mass is 518 g/mol. The molecule has 5 heteroatoms. The molecule has 0 saturated heterocycles. The van der Waals surface area contributed by atoms with Crippen molar-refractivity contribution in [2.24, 2.45) is 0 Å². The van der Waals surface area contributed by atoms with Crippen LogP contribution in [0.5, 0.6) is 0 Å². The van der Waals surface area contributed by atoms with Gasteiger partial charge in [-0.1, -0.05) is 90.2 Å². The van der Waals surface area contributed by atoms with Crippen molar-refractivity contribution in [1.82, 2.24) is 4.98 Å². The number of fused-ring (bicyclic) bond motifs is 2. The molecule has 2 aromatic carbocycles. The summed E-state index contributed by atoms with van der Waals surface area (Å²) in [4.78, 5) is 20.1. The molecule has 4 nitrogen and oxygen atoms in total. The molecule has 2 aromatic heterocycles. The SMILES string of the molecule is CCCCCCCCN(CCCCCCCC)c1ccc2cc(-c3nc4ccccc4s3)c(=O)oc2c1. The van der Waals surface area contributed by atoms with Gasteiger partial charge in [0, 0.05) is 30.2 Å². The van der Waals surface area contributed by atoms with Crippen molar-refractivity contribution < 1.29 is 4.42 Å².